The summed E-state index contributed by atoms with van der Waals surface area (Å²) in [6, 6.07) is 0. The van der Waals surface area contributed by atoms with Crippen LogP contribution in [-0.4, -0.2) is 26.2 Å². The Bertz CT molecular complexity index is 163. The van der Waals surface area contributed by atoms with E-state index in [1.54, 1.807) is 0 Å². The molecule has 0 amide bonds. The van der Waals surface area contributed by atoms with Crippen LogP contribution in [-0.2, 0) is 15.9 Å². The minimum Gasteiger partial charge on any atom is -0.306 e. The maximum absolute atomic E-state index is 10.6. The first-order valence-electron chi connectivity index (χ1n) is 4.31. The van der Waals surface area contributed by atoms with E-state index in [1.807, 2.05) is 0 Å². The van der Waals surface area contributed by atoms with Gasteiger partial charge in [0.1, 0.15) is 6.29 Å². The molecule has 0 heterocycles. The van der Waals surface area contributed by atoms with Crippen molar-refractivity contribution in [3.63, 3.8) is 0 Å². The predicted molar refractivity (Wildman–Crippen MR) is 54.4 cm³/mol. The second-order valence-corrected chi connectivity index (χ2v) is 4.38. The normalized spacial score (nSPS) is 15.2. The van der Waals surface area contributed by atoms with Crippen LogP contribution in [0.4, 0.5) is 0 Å². The van der Waals surface area contributed by atoms with Gasteiger partial charge in [0.25, 0.3) is 0 Å². The highest BCUT2D eigenvalue weighted by molar-refractivity contribution is 7.80. The number of rotatable bonds is 8. The lowest BCUT2D eigenvalue weighted by molar-refractivity contribution is -0.107. The average Bonchev–Trinajstić information content (AvgIpc) is 2.10. The standard InChI is InChI=1S/C8H15ClO3S/c9-7-8(13(11)12)5-3-1-2-4-6-10/h6,8H,1-5,7H2,(H,11,12). The van der Waals surface area contributed by atoms with E-state index in [2.05, 4.69) is 0 Å². The predicted octanol–water partition coefficient (Wildman–Crippen LogP) is 1.96. The largest absolute Gasteiger partial charge is 0.306 e. The van der Waals surface area contributed by atoms with E-state index in [1.165, 1.54) is 0 Å². The molecule has 0 spiro atoms. The van der Waals surface area contributed by atoms with Crippen LogP contribution in [0.15, 0.2) is 0 Å². The lowest BCUT2D eigenvalue weighted by Gasteiger charge is -2.07. The minimum absolute atomic E-state index is 0.219. The highest BCUT2D eigenvalue weighted by atomic mass is 35.5. The Kier molecular flexibility index (Phi) is 8.71. The highest BCUT2D eigenvalue weighted by Crippen LogP contribution is 2.10. The summed E-state index contributed by atoms with van der Waals surface area (Å²) in [6.07, 6.45) is 4.76. The van der Waals surface area contributed by atoms with Gasteiger partial charge >= 0.3 is 0 Å². The molecule has 0 aliphatic heterocycles. The van der Waals surface area contributed by atoms with E-state index in [4.69, 9.17) is 16.2 Å². The van der Waals surface area contributed by atoms with Crippen molar-refractivity contribution < 1.29 is 13.6 Å². The molecule has 0 aromatic rings. The second kappa shape index (κ2) is 8.66. The summed E-state index contributed by atoms with van der Waals surface area (Å²) in [4.78, 5) is 9.96. The SMILES string of the molecule is O=CCCCCCC(CCl)S(=O)O. The molecule has 0 saturated heterocycles. The van der Waals surface area contributed by atoms with Crippen molar-refractivity contribution in [2.45, 2.75) is 37.4 Å². The van der Waals surface area contributed by atoms with Gasteiger partial charge in [-0.25, -0.2) is 4.21 Å². The first kappa shape index (κ1) is 13.1. The van der Waals surface area contributed by atoms with Gasteiger partial charge in [0, 0.05) is 12.3 Å². The van der Waals surface area contributed by atoms with Crippen LogP contribution in [0.2, 0.25) is 0 Å². The van der Waals surface area contributed by atoms with E-state index >= 15 is 0 Å². The Morgan fingerprint density at radius 1 is 1.38 bits per heavy atom. The van der Waals surface area contributed by atoms with Crippen LogP contribution in [0.1, 0.15) is 32.1 Å². The molecule has 0 fully saturated rings. The fourth-order valence-corrected chi connectivity index (χ4v) is 1.96. The Hall–Kier alpha value is 0.0700. The summed E-state index contributed by atoms with van der Waals surface area (Å²) in [6.45, 7) is 0. The minimum atomic E-state index is -1.81. The fraction of sp³-hybridized carbons (Fsp3) is 0.875. The molecular formula is C8H15ClO3S. The molecule has 5 heteroatoms. The van der Waals surface area contributed by atoms with Crippen LogP contribution < -0.4 is 0 Å². The number of aldehydes is 1. The van der Waals surface area contributed by atoms with Crippen molar-refractivity contribution in [1.29, 1.82) is 0 Å². The third kappa shape index (κ3) is 7.16. The summed E-state index contributed by atoms with van der Waals surface area (Å²) in [5.74, 6) is 0.219. The Labute approximate surface area is 86.1 Å². The van der Waals surface area contributed by atoms with Gasteiger partial charge in [-0.1, -0.05) is 12.8 Å². The van der Waals surface area contributed by atoms with Crippen molar-refractivity contribution in [3.05, 3.63) is 0 Å². The molecule has 0 aliphatic carbocycles. The Morgan fingerprint density at radius 2 is 2.08 bits per heavy atom. The van der Waals surface area contributed by atoms with E-state index in [0.717, 1.165) is 25.5 Å². The lowest BCUT2D eigenvalue weighted by atomic mass is 10.1. The Morgan fingerprint density at radius 3 is 2.54 bits per heavy atom. The van der Waals surface area contributed by atoms with Gasteiger partial charge in [-0.05, 0) is 12.8 Å². The molecule has 0 saturated carbocycles. The van der Waals surface area contributed by atoms with Crippen LogP contribution >= 0.6 is 11.6 Å². The molecule has 0 rings (SSSR count). The van der Waals surface area contributed by atoms with Crippen LogP contribution in [0.25, 0.3) is 0 Å². The zero-order valence-electron chi connectivity index (χ0n) is 7.45. The summed E-state index contributed by atoms with van der Waals surface area (Å²) < 4.78 is 19.4. The van der Waals surface area contributed by atoms with Crippen molar-refractivity contribution in [2.75, 3.05) is 5.88 Å². The van der Waals surface area contributed by atoms with Crippen molar-refractivity contribution in [2.24, 2.45) is 0 Å². The molecule has 13 heavy (non-hydrogen) atoms. The van der Waals surface area contributed by atoms with Crippen molar-refractivity contribution in [3.8, 4) is 0 Å². The molecule has 3 nitrogen and oxygen atoms in total. The van der Waals surface area contributed by atoms with E-state index in [-0.39, 0.29) is 11.1 Å². The molecule has 0 aliphatic rings. The van der Waals surface area contributed by atoms with Crippen molar-refractivity contribution in [1.82, 2.24) is 0 Å². The lowest BCUT2D eigenvalue weighted by Crippen LogP contribution is -2.15. The molecule has 2 unspecified atom stereocenters. The molecule has 0 radical (unpaired) electrons. The number of hydrogen-bond donors (Lipinski definition) is 1. The van der Waals surface area contributed by atoms with Crippen LogP contribution in [0.5, 0.6) is 0 Å². The topological polar surface area (TPSA) is 54.4 Å². The van der Waals surface area contributed by atoms with Gasteiger partial charge < -0.3 is 9.35 Å². The molecule has 78 valence electrons. The van der Waals surface area contributed by atoms with Gasteiger partial charge in [-0.15, -0.1) is 11.6 Å². The van der Waals surface area contributed by atoms with Crippen LogP contribution in [0, 0.1) is 0 Å². The summed E-state index contributed by atoms with van der Waals surface area (Å²) in [5.41, 5.74) is 0. The molecular weight excluding hydrogens is 212 g/mol. The summed E-state index contributed by atoms with van der Waals surface area (Å²) >= 11 is 3.68. The number of alkyl halides is 1. The maximum Gasteiger partial charge on any atom is 0.157 e. The monoisotopic (exact) mass is 226 g/mol. The Balaban J connectivity index is 3.38. The molecule has 0 aromatic carbocycles. The number of unbranched alkanes of at least 4 members (excludes halogenated alkanes) is 3. The maximum atomic E-state index is 10.6. The number of carbonyl (C=O) groups is 1. The van der Waals surface area contributed by atoms with Gasteiger partial charge in [0.05, 0.1) is 5.25 Å². The number of hydrogen-bond acceptors (Lipinski definition) is 2. The first-order chi connectivity index (χ1) is 6.22. The van der Waals surface area contributed by atoms with Gasteiger partial charge in [0.2, 0.25) is 0 Å². The molecule has 2 atom stereocenters. The zero-order chi connectivity index (χ0) is 10.1. The first-order valence-corrected chi connectivity index (χ1v) is 6.02. The third-order valence-electron chi connectivity index (χ3n) is 1.81. The van der Waals surface area contributed by atoms with Crippen LogP contribution in [0.3, 0.4) is 0 Å². The zero-order valence-corrected chi connectivity index (χ0v) is 9.02. The number of halogens is 1. The molecule has 0 aromatic heterocycles. The quantitative estimate of drug-likeness (QED) is 0.298. The van der Waals surface area contributed by atoms with E-state index in [9.17, 15) is 9.00 Å². The summed E-state index contributed by atoms with van der Waals surface area (Å²) in [5, 5.41) is -0.321. The molecule has 1 N–H and O–H groups in total. The molecule has 0 bridgehead atoms. The fourth-order valence-electron chi connectivity index (χ4n) is 1.01. The number of carbonyl (C=O) groups excluding carboxylic acids is 1. The highest BCUT2D eigenvalue weighted by Gasteiger charge is 2.12. The van der Waals surface area contributed by atoms with Crippen molar-refractivity contribution >= 4 is 29.0 Å². The van der Waals surface area contributed by atoms with Gasteiger partial charge in [-0.2, -0.15) is 0 Å². The van der Waals surface area contributed by atoms with E-state index in [0.29, 0.717) is 12.8 Å². The van der Waals surface area contributed by atoms with Gasteiger partial charge in [-0.3, -0.25) is 0 Å². The summed E-state index contributed by atoms with van der Waals surface area (Å²) in [7, 11) is 0. The third-order valence-corrected chi connectivity index (χ3v) is 3.33. The van der Waals surface area contributed by atoms with Gasteiger partial charge in [0.15, 0.2) is 11.1 Å². The second-order valence-electron chi connectivity index (χ2n) is 2.86. The average molecular weight is 227 g/mol. The van der Waals surface area contributed by atoms with E-state index < -0.39 is 11.1 Å². The smallest absolute Gasteiger partial charge is 0.157 e.